The second-order valence-corrected chi connectivity index (χ2v) is 8.51. The number of hydrogen-bond donors (Lipinski definition) is 4. The summed E-state index contributed by atoms with van der Waals surface area (Å²) in [4.78, 5) is 36.5. The molecule has 2 atom stereocenters. The fourth-order valence-corrected chi connectivity index (χ4v) is 4.17. The molecule has 8 nitrogen and oxygen atoms in total. The number of nitrogens with one attached hydrogen (secondary N) is 4. The van der Waals surface area contributed by atoms with Gasteiger partial charge in [-0.05, 0) is 23.3 Å². The Morgan fingerprint density at radius 2 is 1.75 bits per heavy atom. The monoisotopic (exact) mass is 456 g/mol. The summed E-state index contributed by atoms with van der Waals surface area (Å²) in [7, 11) is 1.60. The van der Waals surface area contributed by atoms with Crippen molar-refractivity contribution in [1.29, 1.82) is 0 Å². The van der Waals surface area contributed by atoms with Gasteiger partial charge >= 0.3 is 0 Å². The van der Waals surface area contributed by atoms with Crippen molar-refractivity contribution in [2.24, 2.45) is 0 Å². The first-order valence-electron chi connectivity index (χ1n) is 10.4. The van der Waals surface area contributed by atoms with E-state index in [1.54, 1.807) is 7.11 Å². The first-order chi connectivity index (χ1) is 15.5. The molecule has 0 saturated carbocycles. The van der Waals surface area contributed by atoms with Gasteiger partial charge in [-0.3, -0.25) is 19.7 Å². The van der Waals surface area contributed by atoms with Crippen LogP contribution in [0.25, 0.3) is 0 Å². The molecule has 32 heavy (non-hydrogen) atoms. The lowest BCUT2D eigenvalue weighted by Gasteiger charge is -2.30. The molecule has 1 aliphatic rings. The minimum atomic E-state index is -0.421. The molecule has 170 valence electrons. The number of rotatable bonds is 10. The highest BCUT2D eigenvalue weighted by molar-refractivity contribution is 8.00. The lowest BCUT2D eigenvalue weighted by atomic mass is 10.1. The van der Waals surface area contributed by atoms with E-state index in [1.807, 2.05) is 54.6 Å². The summed E-state index contributed by atoms with van der Waals surface area (Å²) >= 11 is 1.29. The molecule has 9 heteroatoms. The van der Waals surface area contributed by atoms with Crippen LogP contribution in [0.15, 0.2) is 54.6 Å². The zero-order valence-corrected chi connectivity index (χ0v) is 18.7. The lowest BCUT2D eigenvalue weighted by molar-refractivity contribution is -0.125. The van der Waals surface area contributed by atoms with Crippen LogP contribution in [0.1, 0.15) is 24.0 Å². The molecule has 1 aliphatic heterocycles. The van der Waals surface area contributed by atoms with Gasteiger partial charge in [0.1, 0.15) is 11.2 Å². The van der Waals surface area contributed by atoms with Crippen molar-refractivity contribution in [1.82, 2.24) is 21.3 Å². The van der Waals surface area contributed by atoms with E-state index in [0.29, 0.717) is 13.1 Å². The van der Waals surface area contributed by atoms with Gasteiger partial charge in [-0.25, -0.2) is 0 Å². The summed E-state index contributed by atoms with van der Waals surface area (Å²) in [5, 5.41) is 11.8. The first kappa shape index (κ1) is 23.6. The van der Waals surface area contributed by atoms with Crippen LogP contribution in [0.5, 0.6) is 5.75 Å². The molecule has 2 aromatic rings. The molecule has 0 radical (unpaired) electrons. The minimum Gasteiger partial charge on any atom is -0.497 e. The Balaban J connectivity index is 1.39. The molecule has 2 unspecified atom stereocenters. The molecular weight excluding hydrogens is 428 g/mol. The van der Waals surface area contributed by atoms with Gasteiger partial charge in [0, 0.05) is 32.0 Å². The van der Waals surface area contributed by atoms with Crippen LogP contribution in [0, 0.1) is 0 Å². The van der Waals surface area contributed by atoms with Gasteiger partial charge in [-0.2, -0.15) is 0 Å². The van der Waals surface area contributed by atoms with E-state index in [-0.39, 0.29) is 42.4 Å². The third-order valence-corrected chi connectivity index (χ3v) is 5.90. The zero-order valence-electron chi connectivity index (χ0n) is 17.9. The first-order valence-corrected chi connectivity index (χ1v) is 11.4. The smallest absolute Gasteiger partial charge is 0.230 e. The molecular formula is C23H28N4O4S. The molecule has 3 rings (SSSR count). The molecule has 0 aliphatic carbocycles. The minimum absolute atomic E-state index is 0.118. The van der Waals surface area contributed by atoms with Gasteiger partial charge in [0.15, 0.2) is 0 Å². The predicted octanol–water partition coefficient (Wildman–Crippen LogP) is 1.51. The Labute approximate surface area is 191 Å². The summed E-state index contributed by atoms with van der Waals surface area (Å²) in [5.41, 5.74) is 1.53. The van der Waals surface area contributed by atoms with E-state index in [0.717, 1.165) is 16.9 Å². The fourth-order valence-electron chi connectivity index (χ4n) is 3.25. The van der Waals surface area contributed by atoms with E-state index < -0.39 is 5.50 Å². The molecule has 4 N–H and O–H groups in total. The Kier molecular flexibility index (Phi) is 8.94. The predicted molar refractivity (Wildman–Crippen MR) is 124 cm³/mol. The maximum Gasteiger partial charge on any atom is 0.230 e. The Morgan fingerprint density at radius 1 is 1.03 bits per heavy atom. The summed E-state index contributed by atoms with van der Waals surface area (Å²) in [5.74, 6) is 0.517. The molecule has 0 spiro atoms. The maximum atomic E-state index is 12.4. The second-order valence-electron chi connectivity index (χ2n) is 7.42. The van der Waals surface area contributed by atoms with E-state index >= 15 is 0 Å². The Morgan fingerprint density at radius 3 is 2.53 bits per heavy atom. The number of carbonyl (C=O) groups excluding carboxylic acids is 3. The van der Waals surface area contributed by atoms with Gasteiger partial charge in [0.25, 0.3) is 0 Å². The van der Waals surface area contributed by atoms with Crippen molar-refractivity contribution < 1.29 is 19.1 Å². The van der Waals surface area contributed by atoms with Crippen molar-refractivity contribution in [2.75, 3.05) is 12.9 Å². The number of ether oxygens (including phenoxy) is 1. The molecule has 1 saturated heterocycles. The number of amides is 3. The highest BCUT2D eigenvalue weighted by atomic mass is 32.2. The zero-order chi connectivity index (χ0) is 22.8. The number of methoxy groups -OCH3 is 1. The summed E-state index contributed by atoms with van der Waals surface area (Å²) in [6.07, 6.45) is 0.387. The number of benzene rings is 2. The standard InChI is InChI=1S/C23H28N4O4S/c1-31-19-9-5-8-17(10-19)14-24-20(28)11-18-12-21(29)27-23(26-18)32-15-22(30)25-13-16-6-3-2-4-7-16/h2-10,18,23,26H,11-15H2,1H3,(H,24,28)(H,25,30)(H,27,29). The second kappa shape index (κ2) is 12.1. The van der Waals surface area contributed by atoms with Gasteiger partial charge in [0.2, 0.25) is 17.7 Å². The highest BCUT2D eigenvalue weighted by Gasteiger charge is 2.28. The van der Waals surface area contributed by atoms with E-state index in [1.165, 1.54) is 11.8 Å². The summed E-state index contributed by atoms with van der Waals surface area (Å²) in [6, 6.07) is 16.8. The van der Waals surface area contributed by atoms with Gasteiger partial charge in [0.05, 0.1) is 12.9 Å². The van der Waals surface area contributed by atoms with Crippen LogP contribution >= 0.6 is 11.8 Å². The average molecular weight is 457 g/mol. The van der Waals surface area contributed by atoms with E-state index in [2.05, 4.69) is 21.3 Å². The van der Waals surface area contributed by atoms with Crippen molar-refractivity contribution in [3.05, 3.63) is 65.7 Å². The highest BCUT2D eigenvalue weighted by Crippen LogP contribution is 2.15. The topological polar surface area (TPSA) is 109 Å². The van der Waals surface area contributed by atoms with E-state index in [4.69, 9.17) is 4.74 Å². The van der Waals surface area contributed by atoms with Crippen LogP contribution in [-0.2, 0) is 27.5 Å². The van der Waals surface area contributed by atoms with Crippen molar-refractivity contribution >= 4 is 29.5 Å². The summed E-state index contributed by atoms with van der Waals surface area (Å²) in [6.45, 7) is 0.843. The van der Waals surface area contributed by atoms with Crippen LogP contribution in [0.3, 0.4) is 0 Å². The van der Waals surface area contributed by atoms with Crippen LogP contribution in [-0.4, -0.2) is 42.1 Å². The molecule has 2 aromatic carbocycles. The third-order valence-electron chi connectivity index (χ3n) is 4.88. The Bertz CT molecular complexity index is 925. The van der Waals surface area contributed by atoms with Gasteiger partial charge < -0.3 is 20.7 Å². The molecule has 1 fully saturated rings. The maximum absolute atomic E-state index is 12.4. The molecule has 3 amide bonds. The number of carbonyl (C=O) groups is 3. The van der Waals surface area contributed by atoms with Crippen LogP contribution < -0.4 is 26.0 Å². The SMILES string of the molecule is COc1cccc(CNC(=O)CC2CC(=O)NC(SCC(=O)NCc3ccccc3)N2)c1. The lowest BCUT2D eigenvalue weighted by Crippen LogP contribution is -2.56. The van der Waals surface area contributed by atoms with Gasteiger partial charge in [-0.15, -0.1) is 11.8 Å². The van der Waals surface area contributed by atoms with Crippen molar-refractivity contribution in [3.8, 4) is 5.75 Å². The Hall–Kier alpha value is -3.04. The molecule has 1 heterocycles. The van der Waals surface area contributed by atoms with E-state index in [9.17, 15) is 14.4 Å². The summed E-state index contributed by atoms with van der Waals surface area (Å²) < 4.78 is 5.19. The molecule has 0 bridgehead atoms. The van der Waals surface area contributed by atoms with Crippen molar-refractivity contribution in [2.45, 2.75) is 37.5 Å². The fraction of sp³-hybridized carbons (Fsp3) is 0.348. The quantitative estimate of drug-likeness (QED) is 0.432. The van der Waals surface area contributed by atoms with Crippen LogP contribution in [0.2, 0.25) is 0 Å². The average Bonchev–Trinajstić information content (AvgIpc) is 2.80. The van der Waals surface area contributed by atoms with Crippen LogP contribution in [0.4, 0.5) is 0 Å². The largest absolute Gasteiger partial charge is 0.497 e. The normalized spacial score (nSPS) is 17.8. The third kappa shape index (κ3) is 7.90. The molecule has 0 aromatic heterocycles. The number of hydrogen-bond acceptors (Lipinski definition) is 6. The van der Waals surface area contributed by atoms with Crippen molar-refractivity contribution in [3.63, 3.8) is 0 Å². The van der Waals surface area contributed by atoms with Gasteiger partial charge in [-0.1, -0.05) is 42.5 Å². The number of thioether (sulfide) groups is 1.